The molecule has 0 aromatic heterocycles. The van der Waals surface area contributed by atoms with Crippen molar-refractivity contribution >= 4 is 33.4 Å². The molecule has 0 unspecified atom stereocenters. The van der Waals surface area contributed by atoms with E-state index in [2.05, 4.69) is 0 Å². The molecule has 6 heteroatoms. The molecule has 196 valence electrons. The van der Waals surface area contributed by atoms with Crippen LogP contribution < -0.4 is 5.73 Å². The lowest BCUT2D eigenvalue weighted by molar-refractivity contribution is -0.165. The van der Waals surface area contributed by atoms with E-state index in [0.29, 0.717) is 32.3 Å². The number of benzene rings is 4. The number of ether oxygens (including phenoxy) is 1. The number of rotatable bonds is 5. The normalized spacial score (nSPS) is 26.0. The summed E-state index contributed by atoms with van der Waals surface area (Å²) in [4.78, 5) is 22.6. The predicted octanol–water partition coefficient (Wildman–Crippen LogP) is 4.92. The van der Waals surface area contributed by atoms with E-state index in [1.165, 1.54) is 0 Å². The third-order valence-electron chi connectivity index (χ3n) is 7.93. The number of aliphatic hydroxyl groups is 2. The van der Waals surface area contributed by atoms with Crippen molar-refractivity contribution in [2.75, 3.05) is 6.61 Å². The van der Waals surface area contributed by atoms with Crippen LogP contribution in [0.15, 0.2) is 84.9 Å². The summed E-state index contributed by atoms with van der Waals surface area (Å²) < 4.78 is 5.00. The van der Waals surface area contributed by atoms with Crippen LogP contribution in [0.5, 0.6) is 0 Å². The van der Waals surface area contributed by atoms with E-state index < -0.39 is 11.2 Å². The molecule has 0 radical (unpaired) electrons. The first-order chi connectivity index (χ1) is 18.2. The number of primary amides is 1. The van der Waals surface area contributed by atoms with Crippen LogP contribution >= 0.6 is 0 Å². The maximum absolute atomic E-state index is 11.6. The van der Waals surface area contributed by atoms with Gasteiger partial charge in [-0.05, 0) is 77.4 Å². The summed E-state index contributed by atoms with van der Waals surface area (Å²) >= 11 is 0. The summed E-state index contributed by atoms with van der Waals surface area (Å²) in [5.41, 5.74) is 5.22. The topological polar surface area (TPSA) is 110 Å². The lowest BCUT2D eigenvalue weighted by atomic mass is 9.67. The molecule has 6 nitrogen and oxygen atoms in total. The van der Waals surface area contributed by atoms with Crippen LogP contribution in [0, 0.1) is 11.8 Å². The third kappa shape index (κ3) is 5.02. The van der Waals surface area contributed by atoms with E-state index >= 15 is 0 Å². The van der Waals surface area contributed by atoms with Gasteiger partial charge in [-0.15, -0.1) is 0 Å². The number of hydrogen-bond donors (Lipinski definition) is 3. The molecular formula is C32H33NO5. The highest BCUT2D eigenvalue weighted by atomic mass is 16.5. The van der Waals surface area contributed by atoms with Crippen LogP contribution in [0.2, 0.25) is 0 Å². The molecule has 0 atom stereocenters. The fourth-order valence-corrected chi connectivity index (χ4v) is 5.57. The van der Waals surface area contributed by atoms with Gasteiger partial charge in [-0.25, -0.2) is 0 Å². The standard InChI is InChI=1S/C17H18O3.C15H15NO2/c1-2-20-16(18)14-10-17(19,11-14)15-8-7-12-5-3-4-6-13(12)9-15;16-14(17)12-8-15(18,9-12)13-6-5-10-3-1-2-4-11(10)7-13/h3-9,14,19H,2,10-11H2,1H3;1-7,12,18H,8-9H2,(H2,16,17). The molecule has 4 N–H and O–H groups in total. The highest BCUT2D eigenvalue weighted by molar-refractivity contribution is 5.84. The Morgan fingerprint density at radius 3 is 1.58 bits per heavy atom. The summed E-state index contributed by atoms with van der Waals surface area (Å²) in [5, 5.41) is 25.6. The van der Waals surface area contributed by atoms with E-state index in [0.717, 1.165) is 32.7 Å². The first-order valence-electron chi connectivity index (χ1n) is 13.1. The molecule has 4 aromatic carbocycles. The molecule has 2 aliphatic rings. The molecule has 2 fully saturated rings. The molecule has 0 aliphatic heterocycles. The lowest BCUT2D eigenvalue weighted by Crippen LogP contribution is -2.46. The van der Waals surface area contributed by atoms with Crippen molar-refractivity contribution in [3.05, 3.63) is 96.1 Å². The van der Waals surface area contributed by atoms with E-state index in [9.17, 15) is 19.8 Å². The van der Waals surface area contributed by atoms with Gasteiger partial charge >= 0.3 is 5.97 Å². The summed E-state index contributed by atoms with van der Waals surface area (Å²) in [6.07, 6.45) is 1.76. The molecule has 1 amide bonds. The van der Waals surface area contributed by atoms with Gasteiger partial charge in [0.2, 0.25) is 5.91 Å². The predicted molar refractivity (Wildman–Crippen MR) is 147 cm³/mol. The molecule has 2 aliphatic carbocycles. The maximum atomic E-state index is 11.6. The minimum absolute atomic E-state index is 0.175. The number of esters is 1. The highest BCUT2D eigenvalue weighted by Crippen LogP contribution is 2.47. The second kappa shape index (κ2) is 10.2. The Labute approximate surface area is 222 Å². The SMILES string of the molecule is CCOC(=O)C1CC(O)(c2ccc3ccccc3c2)C1.NC(=O)C1CC(O)(c2ccc3ccccc3c2)C1. The maximum Gasteiger partial charge on any atom is 0.309 e. The lowest BCUT2D eigenvalue weighted by Gasteiger charge is -2.42. The molecule has 38 heavy (non-hydrogen) atoms. The summed E-state index contributed by atoms with van der Waals surface area (Å²) in [6.45, 7) is 2.19. The number of hydrogen-bond acceptors (Lipinski definition) is 5. The number of carbonyl (C=O) groups is 2. The smallest absolute Gasteiger partial charge is 0.309 e. The number of fused-ring (bicyclic) bond motifs is 2. The van der Waals surface area contributed by atoms with Crippen LogP contribution in [0.25, 0.3) is 21.5 Å². The van der Waals surface area contributed by atoms with Crippen molar-refractivity contribution in [1.82, 2.24) is 0 Å². The minimum Gasteiger partial charge on any atom is -0.466 e. The molecular weight excluding hydrogens is 478 g/mol. The molecule has 2 saturated carbocycles. The van der Waals surface area contributed by atoms with Crippen LogP contribution in [0.1, 0.15) is 43.7 Å². The number of carbonyl (C=O) groups excluding carboxylic acids is 2. The van der Waals surface area contributed by atoms with Crippen LogP contribution in [-0.2, 0) is 25.5 Å². The zero-order valence-electron chi connectivity index (χ0n) is 21.5. The van der Waals surface area contributed by atoms with Crippen molar-refractivity contribution in [2.45, 2.75) is 43.8 Å². The summed E-state index contributed by atoms with van der Waals surface area (Å²) in [5.74, 6) is -0.883. The molecule has 0 spiro atoms. The van der Waals surface area contributed by atoms with Crippen molar-refractivity contribution in [3.63, 3.8) is 0 Å². The Bertz CT molecular complexity index is 1480. The monoisotopic (exact) mass is 511 g/mol. The average Bonchev–Trinajstić information content (AvgIpc) is 2.89. The van der Waals surface area contributed by atoms with Gasteiger partial charge in [-0.3, -0.25) is 9.59 Å². The average molecular weight is 512 g/mol. The van der Waals surface area contributed by atoms with Gasteiger partial charge in [0.05, 0.1) is 23.7 Å². The largest absolute Gasteiger partial charge is 0.466 e. The van der Waals surface area contributed by atoms with Gasteiger partial charge in [0.1, 0.15) is 0 Å². The van der Waals surface area contributed by atoms with Crippen molar-refractivity contribution in [1.29, 1.82) is 0 Å². The Morgan fingerprint density at radius 2 is 1.16 bits per heavy atom. The highest BCUT2D eigenvalue weighted by Gasteiger charge is 2.48. The van der Waals surface area contributed by atoms with Gasteiger partial charge < -0.3 is 20.7 Å². The summed E-state index contributed by atoms with van der Waals surface area (Å²) in [6, 6.07) is 28.0. The Hall–Kier alpha value is -3.74. The Morgan fingerprint density at radius 1 is 0.737 bits per heavy atom. The Balaban J connectivity index is 0.000000156. The minimum atomic E-state index is -0.887. The fourth-order valence-electron chi connectivity index (χ4n) is 5.57. The first-order valence-corrected chi connectivity index (χ1v) is 13.1. The van der Waals surface area contributed by atoms with Gasteiger partial charge in [0.15, 0.2) is 0 Å². The fraction of sp³-hybridized carbons (Fsp3) is 0.312. The van der Waals surface area contributed by atoms with E-state index in [4.69, 9.17) is 10.5 Å². The summed E-state index contributed by atoms with van der Waals surface area (Å²) in [7, 11) is 0. The van der Waals surface area contributed by atoms with Crippen molar-refractivity contribution in [2.24, 2.45) is 17.6 Å². The second-order valence-electron chi connectivity index (χ2n) is 10.6. The first kappa shape index (κ1) is 25.9. The zero-order chi connectivity index (χ0) is 26.9. The van der Waals surface area contributed by atoms with Crippen molar-refractivity contribution < 1.29 is 24.5 Å². The molecule has 0 saturated heterocycles. The van der Waals surface area contributed by atoms with Gasteiger partial charge in [0.25, 0.3) is 0 Å². The Kier molecular flexibility index (Phi) is 6.95. The molecule has 4 aromatic rings. The van der Waals surface area contributed by atoms with Gasteiger partial charge in [-0.2, -0.15) is 0 Å². The van der Waals surface area contributed by atoms with Crippen molar-refractivity contribution in [3.8, 4) is 0 Å². The number of nitrogens with two attached hydrogens (primary N) is 1. The molecule has 0 heterocycles. The quantitative estimate of drug-likeness (QED) is 0.330. The van der Waals surface area contributed by atoms with E-state index in [-0.39, 0.29) is 23.7 Å². The molecule has 6 rings (SSSR count). The third-order valence-corrected chi connectivity index (χ3v) is 7.93. The van der Waals surface area contributed by atoms with Crippen LogP contribution in [0.4, 0.5) is 0 Å². The van der Waals surface area contributed by atoms with Gasteiger partial charge in [-0.1, -0.05) is 72.8 Å². The number of amides is 1. The zero-order valence-corrected chi connectivity index (χ0v) is 21.5. The van der Waals surface area contributed by atoms with Crippen LogP contribution in [-0.4, -0.2) is 28.7 Å². The molecule has 0 bridgehead atoms. The van der Waals surface area contributed by atoms with Crippen LogP contribution in [0.3, 0.4) is 0 Å². The van der Waals surface area contributed by atoms with E-state index in [1.54, 1.807) is 6.92 Å². The van der Waals surface area contributed by atoms with E-state index in [1.807, 2.05) is 84.9 Å². The second-order valence-corrected chi connectivity index (χ2v) is 10.6. The van der Waals surface area contributed by atoms with Gasteiger partial charge in [0, 0.05) is 5.92 Å².